The van der Waals surface area contributed by atoms with Crippen molar-refractivity contribution in [3.63, 3.8) is 0 Å². The third kappa shape index (κ3) is 4.52. The van der Waals surface area contributed by atoms with Gasteiger partial charge in [0.15, 0.2) is 5.82 Å². The maximum Gasteiger partial charge on any atom is 0.217 e. The Balaban J connectivity index is 1.59. The van der Waals surface area contributed by atoms with Crippen molar-refractivity contribution in [2.24, 2.45) is 0 Å². The van der Waals surface area contributed by atoms with E-state index >= 15 is 0 Å². The van der Waals surface area contributed by atoms with Crippen molar-refractivity contribution >= 4 is 12.2 Å². The highest BCUT2D eigenvalue weighted by Crippen LogP contribution is 2.18. The number of hydrogen-bond acceptors (Lipinski definition) is 4. The zero-order chi connectivity index (χ0) is 17.6. The van der Waals surface area contributed by atoms with Crippen molar-refractivity contribution in [2.45, 2.75) is 6.67 Å². The van der Waals surface area contributed by atoms with E-state index in [0.29, 0.717) is 36.0 Å². The molecule has 1 N–H and O–H groups in total. The highest BCUT2D eigenvalue weighted by molar-refractivity contribution is 7.71. The Morgan fingerprint density at radius 3 is 2.64 bits per heavy atom. The summed E-state index contributed by atoms with van der Waals surface area (Å²) in [5.74, 6) is 0.941. The van der Waals surface area contributed by atoms with Crippen LogP contribution in [0.2, 0.25) is 0 Å². The predicted molar refractivity (Wildman–Crippen MR) is 97.4 cm³/mol. The molecule has 7 heteroatoms. The number of para-hydroxylation sites is 1. The summed E-state index contributed by atoms with van der Waals surface area (Å²) in [6.07, 6.45) is 0. The largest absolute Gasteiger partial charge is 0.492 e. The fraction of sp³-hybridized carbons (Fsp3) is 0.222. The SMILES string of the molecule is CN(CCOc1ccccc1)Cn1[nH]c(-c2ccccc2F)nc1=S. The van der Waals surface area contributed by atoms with Crippen LogP contribution in [-0.4, -0.2) is 39.9 Å². The molecule has 3 rings (SSSR count). The van der Waals surface area contributed by atoms with Gasteiger partial charge in [0.2, 0.25) is 4.77 Å². The minimum Gasteiger partial charge on any atom is -0.492 e. The lowest BCUT2D eigenvalue weighted by atomic mass is 10.2. The van der Waals surface area contributed by atoms with E-state index in [1.165, 1.54) is 6.07 Å². The topological polar surface area (TPSA) is 46.1 Å². The van der Waals surface area contributed by atoms with E-state index in [1.807, 2.05) is 42.3 Å². The summed E-state index contributed by atoms with van der Waals surface area (Å²) in [5.41, 5.74) is 0.405. The molecular weight excluding hydrogens is 339 g/mol. The van der Waals surface area contributed by atoms with Crippen molar-refractivity contribution < 1.29 is 9.13 Å². The Hall–Kier alpha value is -2.51. The monoisotopic (exact) mass is 358 g/mol. The smallest absolute Gasteiger partial charge is 0.217 e. The van der Waals surface area contributed by atoms with Gasteiger partial charge in [-0.1, -0.05) is 30.3 Å². The Labute approximate surface area is 150 Å². The molecule has 0 radical (unpaired) electrons. The van der Waals surface area contributed by atoms with Crippen molar-refractivity contribution in [1.82, 2.24) is 19.7 Å². The number of nitrogens with one attached hydrogen (secondary N) is 1. The summed E-state index contributed by atoms with van der Waals surface area (Å²) >= 11 is 5.26. The molecule has 0 saturated carbocycles. The first-order valence-electron chi connectivity index (χ1n) is 7.91. The van der Waals surface area contributed by atoms with Gasteiger partial charge in [-0.25, -0.2) is 9.07 Å². The van der Waals surface area contributed by atoms with Crippen LogP contribution >= 0.6 is 12.2 Å². The fourth-order valence-electron chi connectivity index (χ4n) is 2.37. The number of likely N-dealkylation sites (N-methyl/N-ethyl adjacent to an activating group) is 1. The van der Waals surface area contributed by atoms with Gasteiger partial charge in [-0.15, -0.1) is 0 Å². The van der Waals surface area contributed by atoms with Crippen LogP contribution in [0.5, 0.6) is 5.75 Å². The summed E-state index contributed by atoms with van der Waals surface area (Å²) in [6.45, 7) is 1.78. The Morgan fingerprint density at radius 1 is 1.16 bits per heavy atom. The number of aromatic nitrogens is 3. The zero-order valence-electron chi connectivity index (χ0n) is 13.9. The maximum absolute atomic E-state index is 13.9. The number of hydrogen-bond donors (Lipinski definition) is 1. The van der Waals surface area contributed by atoms with Gasteiger partial charge in [0.25, 0.3) is 0 Å². The molecular formula is C18H19FN4OS. The molecule has 3 aromatic rings. The molecule has 0 saturated heterocycles. The van der Waals surface area contributed by atoms with Crippen LogP contribution < -0.4 is 4.74 Å². The third-order valence-corrected chi connectivity index (χ3v) is 3.99. The number of ether oxygens (including phenoxy) is 1. The molecule has 1 heterocycles. The van der Waals surface area contributed by atoms with Crippen LogP contribution in [0.4, 0.5) is 4.39 Å². The molecule has 0 fully saturated rings. The van der Waals surface area contributed by atoms with Gasteiger partial charge in [-0.2, -0.15) is 4.98 Å². The molecule has 1 aromatic heterocycles. The fourth-order valence-corrected chi connectivity index (χ4v) is 2.57. The summed E-state index contributed by atoms with van der Waals surface area (Å²) in [4.78, 5) is 6.29. The number of benzene rings is 2. The van der Waals surface area contributed by atoms with Crippen LogP contribution in [0.1, 0.15) is 0 Å². The number of rotatable bonds is 7. The predicted octanol–water partition coefficient (Wildman–Crippen LogP) is 3.72. The molecule has 0 spiro atoms. The summed E-state index contributed by atoms with van der Waals surface area (Å²) in [6, 6.07) is 16.2. The highest BCUT2D eigenvalue weighted by atomic mass is 32.1. The molecule has 0 aliphatic rings. The summed E-state index contributed by atoms with van der Waals surface area (Å²) in [7, 11) is 1.96. The van der Waals surface area contributed by atoms with Gasteiger partial charge in [-0.05, 0) is 43.5 Å². The van der Waals surface area contributed by atoms with Crippen molar-refractivity contribution in [3.8, 4) is 17.1 Å². The Kier molecular flexibility index (Phi) is 5.57. The number of H-pyrrole nitrogens is 1. The standard InChI is InChI=1S/C18H19FN4OS/c1-22(11-12-24-14-7-3-2-4-8-14)13-23-18(25)20-17(21-23)15-9-5-6-10-16(15)19/h2-10H,11-13H2,1H3,(H,20,21,25). The lowest BCUT2D eigenvalue weighted by Gasteiger charge is -2.17. The highest BCUT2D eigenvalue weighted by Gasteiger charge is 2.10. The molecule has 0 unspecified atom stereocenters. The van der Waals surface area contributed by atoms with E-state index in [1.54, 1.807) is 22.9 Å². The second-order valence-corrected chi connectivity index (χ2v) is 6.01. The van der Waals surface area contributed by atoms with Crippen LogP contribution in [0.3, 0.4) is 0 Å². The number of nitrogens with zero attached hydrogens (tertiary/aromatic N) is 3. The lowest BCUT2D eigenvalue weighted by molar-refractivity contribution is 0.198. The van der Waals surface area contributed by atoms with Crippen molar-refractivity contribution in [2.75, 3.05) is 20.2 Å². The van der Waals surface area contributed by atoms with Crippen LogP contribution in [0.15, 0.2) is 54.6 Å². The second-order valence-electron chi connectivity index (χ2n) is 5.65. The van der Waals surface area contributed by atoms with Crippen LogP contribution in [-0.2, 0) is 6.67 Å². The van der Waals surface area contributed by atoms with E-state index in [9.17, 15) is 4.39 Å². The van der Waals surface area contributed by atoms with Crippen LogP contribution in [0.25, 0.3) is 11.4 Å². The maximum atomic E-state index is 13.9. The molecule has 5 nitrogen and oxygen atoms in total. The molecule has 130 valence electrons. The minimum absolute atomic E-state index is 0.331. The number of aromatic amines is 1. The van der Waals surface area contributed by atoms with Gasteiger partial charge >= 0.3 is 0 Å². The average Bonchev–Trinajstić information content (AvgIpc) is 2.96. The second kappa shape index (κ2) is 8.04. The van der Waals surface area contributed by atoms with Crippen molar-refractivity contribution in [1.29, 1.82) is 0 Å². The molecule has 0 aliphatic carbocycles. The molecule has 0 bridgehead atoms. The molecule has 0 amide bonds. The molecule has 2 aromatic carbocycles. The minimum atomic E-state index is -0.331. The van der Waals surface area contributed by atoms with E-state index in [0.717, 1.165) is 5.75 Å². The third-order valence-electron chi connectivity index (χ3n) is 3.68. The normalized spacial score (nSPS) is 11.0. The lowest BCUT2D eigenvalue weighted by Crippen LogP contribution is -2.27. The molecule has 0 atom stereocenters. The quantitative estimate of drug-likeness (QED) is 0.654. The first-order chi connectivity index (χ1) is 12.1. The van der Waals surface area contributed by atoms with Gasteiger partial charge in [-0.3, -0.25) is 10.00 Å². The van der Waals surface area contributed by atoms with Gasteiger partial charge in [0, 0.05) is 6.54 Å². The van der Waals surface area contributed by atoms with Crippen molar-refractivity contribution in [3.05, 3.63) is 65.2 Å². The summed E-state index contributed by atoms with van der Waals surface area (Å²) < 4.78 is 21.7. The van der Waals surface area contributed by atoms with E-state index < -0.39 is 0 Å². The van der Waals surface area contributed by atoms with Gasteiger partial charge in [0.1, 0.15) is 18.2 Å². The van der Waals surface area contributed by atoms with Gasteiger partial charge in [0.05, 0.1) is 12.2 Å². The first kappa shape index (κ1) is 17.3. The van der Waals surface area contributed by atoms with E-state index in [4.69, 9.17) is 17.0 Å². The zero-order valence-corrected chi connectivity index (χ0v) is 14.7. The van der Waals surface area contributed by atoms with Gasteiger partial charge < -0.3 is 4.74 Å². The molecule has 25 heavy (non-hydrogen) atoms. The Bertz CT molecular complexity index is 878. The first-order valence-corrected chi connectivity index (χ1v) is 8.32. The molecule has 0 aliphatic heterocycles. The Morgan fingerprint density at radius 2 is 1.88 bits per heavy atom. The number of halogens is 1. The summed E-state index contributed by atoms with van der Waals surface area (Å²) in [5, 5.41) is 3.06. The van der Waals surface area contributed by atoms with Crippen LogP contribution in [0, 0.1) is 10.6 Å². The van der Waals surface area contributed by atoms with E-state index in [-0.39, 0.29) is 5.82 Å². The average molecular weight is 358 g/mol. The van der Waals surface area contributed by atoms with E-state index in [2.05, 4.69) is 10.1 Å².